The summed E-state index contributed by atoms with van der Waals surface area (Å²) in [4.78, 5) is 14.7. The van der Waals surface area contributed by atoms with Gasteiger partial charge in [0.05, 0.1) is 27.9 Å². The van der Waals surface area contributed by atoms with E-state index in [9.17, 15) is 0 Å². The molecular formula is C43H27ClN4. The quantitative estimate of drug-likeness (QED) is 0.177. The first-order valence-electron chi connectivity index (χ1n) is 15.9. The van der Waals surface area contributed by atoms with Crippen molar-refractivity contribution in [2.24, 2.45) is 0 Å². The van der Waals surface area contributed by atoms with Gasteiger partial charge in [0, 0.05) is 38.5 Å². The zero-order valence-corrected chi connectivity index (χ0v) is 26.5. The van der Waals surface area contributed by atoms with Crippen molar-refractivity contribution in [1.82, 2.24) is 19.5 Å². The summed E-state index contributed by atoms with van der Waals surface area (Å²) in [6.07, 6.45) is 0. The van der Waals surface area contributed by atoms with Gasteiger partial charge in [0.15, 0.2) is 5.82 Å². The van der Waals surface area contributed by atoms with Gasteiger partial charge in [0.1, 0.15) is 5.15 Å². The van der Waals surface area contributed by atoms with Crippen LogP contribution in [0.25, 0.3) is 83.4 Å². The van der Waals surface area contributed by atoms with Crippen molar-refractivity contribution in [1.29, 1.82) is 0 Å². The third-order valence-corrected chi connectivity index (χ3v) is 9.12. The van der Waals surface area contributed by atoms with E-state index in [-0.39, 0.29) is 0 Å². The number of rotatable bonds is 5. The lowest BCUT2D eigenvalue weighted by atomic mass is 10.0. The number of fused-ring (bicyclic) bond motifs is 4. The molecule has 0 spiro atoms. The van der Waals surface area contributed by atoms with Crippen LogP contribution in [-0.2, 0) is 0 Å². The zero-order valence-electron chi connectivity index (χ0n) is 25.8. The van der Waals surface area contributed by atoms with Crippen LogP contribution in [0.4, 0.5) is 0 Å². The summed E-state index contributed by atoms with van der Waals surface area (Å²) in [6, 6.07) is 56.7. The van der Waals surface area contributed by atoms with Crippen LogP contribution in [0.2, 0.25) is 5.15 Å². The number of aromatic nitrogens is 4. The predicted molar refractivity (Wildman–Crippen MR) is 198 cm³/mol. The Morgan fingerprint density at radius 3 is 1.77 bits per heavy atom. The Bertz CT molecular complexity index is 2570. The van der Waals surface area contributed by atoms with Crippen molar-refractivity contribution in [3.05, 3.63) is 169 Å². The number of para-hydroxylation sites is 2. The third-order valence-electron chi connectivity index (χ3n) is 8.91. The zero-order chi connectivity index (χ0) is 32.0. The Kier molecular flexibility index (Phi) is 6.81. The van der Waals surface area contributed by atoms with E-state index in [0.29, 0.717) is 11.0 Å². The van der Waals surface area contributed by atoms with Crippen molar-refractivity contribution in [3.8, 4) is 50.7 Å². The normalized spacial score (nSPS) is 11.4. The molecule has 3 aromatic heterocycles. The topological polar surface area (TPSA) is 43.6 Å². The van der Waals surface area contributed by atoms with Crippen LogP contribution in [-0.4, -0.2) is 19.5 Å². The van der Waals surface area contributed by atoms with Crippen molar-refractivity contribution >= 4 is 44.3 Å². The second-order valence-electron chi connectivity index (χ2n) is 11.9. The molecule has 0 saturated heterocycles. The minimum absolute atomic E-state index is 0.490. The van der Waals surface area contributed by atoms with Crippen LogP contribution < -0.4 is 0 Å². The van der Waals surface area contributed by atoms with E-state index in [0.717, 1.165) is 55.8 Å². The van der Waals surface area contributed by atoms with Gasteiger partial charge in [0.2, 0.25) is 0 Å². The van der Waals surface area contributed by atoms with E-state index in [1.165, 1.54) is 21.8 Å². The van der Waals surface area contributed by atoms with Crippen LogP contribution in [0.15, 0.2) is 164 Å². The Hall–Kier alpha value is -6.10. The van der Waals surface area contributed by atoms with E-state index in [1.807, 2.05) is 30.3 Å². The van der Waals surface area contributed by atoms with Crippen molar-refractivity contribution < 1.29 is 0 Å². The van der Waals surface area contributed by atoms with E-state index in [2.05, 4.69) is 143 Å². The van der Waals surface area contributed by atoms with Crippen molar-refractivity contribution in [3.63, 3.8) is 0 Å². The summed E-state index contributed by atoms with van der Waals surface area (Å²) < 4.78 is 2.34. The van der Waals surface area contributed by atoms with Gasteiger partial charge in [-0.3, -0.25) is 0 Å². The highest BCUT2D eigenvalue weighted by atomic mass is 35.5. The largest absolute Gasteiger partial charge is 0.309 e. The molecule has 48 heavy (non-hydrogen) atoms. The molecule has 0 radical (unpaired) electrons. The molecule has 0 amide bonds. The molecule has 0 saturated carbocycles. The minimum Gasteiger partial charge on any atom is -0.309 e. The smallest absolute Gasteiger partial charge is 0.160 e. The second kappa shape index (κ2) is 11.6. The maximum Gasteiger partial charge on any atom is 0.160 e. The molecule has 0 N–H and O–H groups in total. The van der Waals surface area contributed by atoms with E-state index in [4.69, 9.17) is 21.6 Å². The Balaban J connectivity index is 1.15. The first-order valence-corrected chi connectivity index (χ1v) is 16.3. The lowest BCUT2D eigenvalue weighted by Gasteiger charge is -2.12. The fourth-order valence-corrected chi connectivity index (χ4v) is 6.72. The van der Waals surface area contributed by atoms with Crippen molar-refractivity contribution in [2.45, 2.75) is 0 Å². The molecule has 0 bridgehead atoms. The molecule has 9 rings (SSSR count). The van der Waals surface area contributed by atoms with Gasteiger partial charge in [0.25, 0.3) is 0 Å². The van der Waals surface area contributed by atoms with E-state index < -0.39 is 0 Å². The van der Waals surface area contributed by atoms with Crippen LogP contribution in [0.3, 0.4) is 0 Å². The maximum atomic E-state index is 6.18. The fourth-order valence-electron chi connectivity index (χ4n) is 6.57. The summed E-state index contributed by atoms with van der Waals surface area (Å²) in [6.45, 7) is 0. The number of hydrogen-bond acceptors (Lipinski definition) is 3. The van der Waals surface area contributed by atoms with Gasteiger partial charge >= 0.3 is 0 Å². The number of nitrogens with zero attached hydrogens (tertiary/aromatic N) is 4. The molecule has 0 atom stereocenters. The monoisotopic (exact) mass is 634 g/mol. The van der Waals surface area contributed by atoms with E-state index >= 15 is 0 Å². The summed E-state index contributed by atoms with van der Waals surface area (Å²) >= 11 is 6.18. The van der Waals surface area contributed by atoms with Gasteiger partial charge in [-0.2, -0.15) is 0 Å². The Labute approximate surface area is 282 Å². The molecule has 9 aromatic rings. The molecule has 3 heterocycles. The Morgan fingerprint density at radius 2 is 1.02 bits per heavy atom. The number of benzene rings is 6. The molecule has 0 fully saturated rings. The molecule has 0 aliphatic carbocycles. The molecule has 6 aromatic carbocycles. The summed E-state index contributed by atoms with van der Waals surface area (Å²) in [5.74, 6) is 0.687. The standard InChI is InChI=1S/C43H27ClN4/c44-42-24-23-30-21-22-32(26-37(30)45-42)28-17-19-29(20-18-28)38-27-39(47-43(46-38)31-9-2-1-3-10-31)33-11-8-12-34(25-33)48-40-15-6-4-13-35(40)36-14-5-7-16-41(36)48/h1-27H. The highest BCUT2D eigenvalue weighted by Gasteiger charge is 2.15. The fraction of sp³-hybridized carbons (Fsp3) is 0. The average Bonchev–Trinajstić information content (AvgIpc) is 3.49. The number of halogens is 1. The third kappa shape index (κ3) is 5.00. The van der Waals surface area contributed by atoms with Crippen LogP contribution in [0, 0.1) is 0 Å². The number of pyridine rings is 1. The average molecular weight is 635 g/mol. The SMILES string of the molecule is Clc1ccc2ccc(-c3ccc(-c4cc(-c5cccc(-n6c7ccccc7c7ccccc76)c5)nc(-c5ccccc5)n4)cc3)cc2n1. The minimum atomic E-state index is 0.490. The summed E-state index contributed by atoms with van der Waals surface area (Å²) in [7, 11) is 0. The lowest BCUT2D eigenvalue weighted by Crippen LogP contribution is -1.97. The van der Waals surface area contributed by atoms with Gasteiger partial charge in [-0.15, -0.1) is 0 Å². The summed E-state index contributed by atoms with van der Waals surface area (Å²) in [5.41, 5.74) is 11.2. The van der Waals surface area contributed by atoms with Gasteiger partial charge in [-0.05, 0) is 59.7 Å². The highest BCUT2D eigenvalue weighted by molar-refractivity contribution is 6.29. The van der Waals surface area contributed by atoms with Crippen LogP contribution >= 0.6 is 11.6 Å². The first-order chi connectivity index (χ1) is 23.7. The number of hydrogen-bond donors (Lipinski definition) is 0. The van der Waals surface area contributed by atoms with Crippen LogP contribution in [0.1, 0.15) is 0 Å². The Morgan fingerprint density at radius 1 is 0.417 bits per heavy atom. The molecule has 4 nitrogen and oxygen atoms in total. The van der Waals surface area contributed by atoms with Gasteiger partial charge in [-0.25, -0.2) is 15.0 Å². The molecule has 5 heteroatoms. The summed E-state index contributed by atoms with van der Waals surface area (Å²) in [5, 5.41) is 4.02. The first kappa shape index (κ1) is 28.1. The molecule has 226 valence electrons. The second-order valence-corrected chi connectivity index (χ2v) is 12.3. The van der Waals surface area contributed by atoms with Crippen LogP contribution in [0.5, 0.6) is 0 Å². The lowest BCUT2D eigenvalue weighted by molar-refractivity contribution is 1.16. The van der Waals surface area contributed by atoms with Crippen molar-refractivity contribution in [2.75, 3.05) is 0 Å². The highest BCUT2D eigenvalue weighted by Crippen LogP contribution is 2.34. The van der Waals surface area contributed by atoms with E-state index in [1.54, 1.807) is 0 Å². The molecule has 0 aliphatic heterocycles. The molecular weight excluding hydrogens is 608 g/mol. The van der Waals surface area contributed by atoms with Gasteiger partial charge in [-0.1, -0.05) is 127 Å². The predicted octanol–water partition coefficient (Wildman–Crippen LogP) is 11.4. The molecule has 0 unspecified atom stereocenters. The maximum absolute atomic E-state index is 6.18. The van der Waals surface area contributed by atoms with Gasteiger partial charge < -0.3 is 4.57 Å². The molecule has 0 aliphatic rings.